The maximum Gasteiger partial charge on any atom is 0.223 e. The lowest BCUT2D eigenvalue weighted by Crippen LogP contribution is -2.45. The minimum atomic E-state index is -1.26. The lowest BCUT2D eigenvalue weighted by atomic mass is 10.0. The molecule has 0 bridgehead atoms. The van der Waals surface area contributed by atoms with Crippen molar-refractivity contribution in [2.45, 2.75) is 24.9 Å². The molecule has 1 fully saturated rings. The van der Waals surface area contributed by atoms with Gasteiger partial charge in [-0.05, 0) is 29.7 Å². The molecule has 1 saturated heterocycles. The molecule has 0 aromatic heterocycles. The lowest BCUT2D eigenvalue weighted by Gasteiger charge is -2.37. The first kappa shape index (κ1) is 24.5. The third kappa shape index (κ3) is 6.22. The van der Waals surface area contributed by atoms with Gasteiger partial charge < -0.3 is 15.4 Å². The van der Waals surface area contributed by atoms with Crippen molar-refractivity contribution in [3.05, 3.63) is 70.0 Å². The molecule has 2 aromatic carbocycles. The summed E-state index contributed by atoms with van der Waals surface area (Å²) in [6, 6.07) is 7.92. The molecule has 0 radical (unpaired) electrons. The molecule has 2 atom stereocenters. The minimum Gasteiger partial charge on any atom is -0.379 e. The summed E-state index contributed by atoms with van der Waals surface area (Å²) in [4.78, 5) is 16.6. The molecule has 9 heteroatoms. The number of morpholine rings is 1. The Balaban J connectivity index is 1.66. The topological polar surface area (TPSA) is 58.8 Å². The first-order chi connectivity index (χ1) is 15.3. The van der Waals surface area contributed by atoms with E-state index in [9.17, 15) is 18.0 Å². The number of rotatable bonds is 8. The molecule has 32 heavy (non-hydrogen) atoms. The van der Waals surface area contributed by atoms with E-state index < -0.39 is 23.5 Å². The van der Waals surface area contributed by atoms with Crippen molar-refractivity contribution >= 4 is 17.5 Å². The van der Waals surface area contributed by atoms with Crippen molar-refractivity contribution in [3.63, 3.8) is 0 Å². The van der Waals surface area contributed by atoms with E-state index in [4.69, 9.17) is 22.1 Å². The number of hydrogen-bond donors (Lipinski definition) is 1. The number of nitrogens with zero attached hydrogens (tertiary/aromatic N) is 2. The van der Waals surface area contributed by atoms with Crippen LogP contribution >= 0.6 is 11.6 Å². The Kier molecular flexibility index (Phi) is 8.53. The van der Waals surface area contributed by atoms with Crippen LogP contribution in [0.5, 0.6) is 0 Å². The predicted molar refractivity (Wildman–Crippen MR) is 117 cm³/mol. The summed E-state index contributed by atoms with van der Waals surface area (Å²) in [5, 5.41) is 0.621. The van der Waals surface area contributed by atoms with Crippen LogP contribution in [-0.2, 0) is 16.0 Å². The number of carbonyl (C=O) groups is 1. The van der Waals surface area contributed by atoms with Crippen molar-refractivity contribution in [3.8, 4) is 0 Å². The van der Waals surface area contributed by atoms with Crippen LogP contribution in [0.1, 0.15) is 23.6 Å². The standard InChI is InChI=1S/C23H27ClF3N3O2/c1-29(23(31)12-16(28)10-15-11-20(26)21(27)13-19(15)25)14-22(30-6-8-32-9-7-30)17-4-2-3-5-18(17)24/h2-5,11,13,16,22H,6-10,12,14,28H2,1H3/t16?,22-/m1/s1. The Hall–Kier alpha value is -2.13. The molecule has 1 heterocycles. The second-order valence-corrected chi connectivity index (χ2v) is 8.39. The molecule has 0 aliphatic carbocycles. The fraction of sp³-hybridized carbons (Fsp3) is 0.435. The fourth-order valence-corrected chi connectivity index (χ4v) is 4.12. The van der Waals surface area contributed by atoms with Gasteiger partial charge in [-0.25, -0.2) is 13.2 Å². The minimum absolute atomic E-state index is 0.0610. The Morgan fingerprint density at radius 2 is 1.81 bits per heavy atom. The van der Waals surface area contributed by atoms with E-state index in [0.717, 1.165) is 11.6 Å². The summed E-state index contributed by atoms with van der Waals surface area (Å²) in [5.41, 5.74) is 6.89. The average Bonchev–Trinajstić information content (AvgIpc) is 2.76. The van der Waals surface area contributed by atoms with Gasteiger partial charge in [0.1, 0.15) is 5.82 Å². The van der Waals surface area contributed by atoms with Gasteiger partial charge in [-0.15, -0.1) is 0 Å². The van der Waals surface area contributed by atoms with Gasteiger partial charge in [-0.2, -0.15) is 0 Å². The highest BCUT2D eigenvalue weighted by molar-refractivity contribution is 6.31. The smallest absolute Gasteiger partial charge is 0.223 e. The van der Waals surface area contributed by atoms with Gasteiger partial charge in [-0.3, -0.25) is 9.69 Å². The second-order valence-electron chi connectivity index (χ2n) is 7.99. The molecule has 3 rings (SSSR count). The van der Waals surface area contributed by atoms with Crippen molar-refractivity contribution in [2.75, 3.05) is 39.9 Å². The molecular weight excluding hydrogens is 443 g/mol. The molecule has 5 nitrogen and oxygen atoms in total. The van der Waals surface area contributed by atoms with Crippen LogP contribution in [-0.4, -0.2) is 61.6 Å². The number of hydrogen-bond acceptors (Lipinski definition) is 4. The normalized spacial score (nSPS) is 16.6. The summed E-state index contributed by atoms with van der Waals surface area (Å²) in [6.07, 6.45) is -0.146. The first-order valence-corrected chi connectivity index (χ1v) is 10.8. The monoisotopic (exact) mass is 469 g/mol. The van der Waals surface area contributed by atoms with Gasteiger partial charge in [0.2, 0.25) is 5.91 Å². The number of amides is 1. The molecular formula is C23H27ClF3N3O2. The van der Waals surface area contributed by atoms with Crippen molar-refractivity contribution in [2.24, 2.45) is 5.73 Å². The van der Waals surface area contributed by atoms with Crippen LogP contribution in [0.4, 0.5) is 13.2 Å². The van der Waals surface area contributed by atoms with Crippen LogP contribution in [0.15, 0.2) is 36.4 Å². The van der Waals surface area contributed by atoms with Crippen LogP contribution in [0, 0.1) is 17.5 Å². The zero-order valence-electron chi connectivity index (χ0n) is 17.9. The van der Waals surface area contributed by atoms with Gasteiger partial charge >= 0.3 is 0 Å². The molecule has 1 unspecified atom stereocenters. The number of likely N-dealkylation sites (N-methyl/N-ethyl adjacent to an activating group) is 1. The number of benzene rings is 2. The van der Waals surface area contributed by atoms with Crippen molar-refractivity contribution in [1.29, 1.82) is 0 Å². The van der Waals surface area contributed by atoms with Crippen LogP contribution in [0.3, 0.4) is 0 Å². The Labute approximate surface area is 190 Å². The summed E-state index contributed by atoms with van der Waals surface area (Å²) in [6.45, 7) is 3.01. The highest BCUT2D eigenvalue weighted by atomic mass is 35.5. The van der Waals surface area contributed by atoms with Crippen LogP contribution in [0.2, 0.25) is 5.02 Å². The molecule has 2 aromatic rings. The Bertz CT molecular complexity index is 941. The maximum atomic E-state index is 13.9. The molecule has 2 N–H and O–H groups in total. The third-order valence-corrected chi connectivity index (χ3v) is 5.98. The molecule has 1 aliphatic heterocycles. The highest BCUT2D eigenvalue weighted by Crippen LogP contribution is 2.29. The molecule has 1 aliphatic rings. The van der Waals surface area contributed by atoms with E-state index in [1.54, 1.807) is 11.9 Å². The largest absolute Gasteiger partial charge is 0.379 e. The summed E-state index contributed by atoms with van der Waals surface area (Å²) < 4.78 is 45.9. The molecule has 0 saturated carbocycles. The van der Waals surface area contributed by atoms with E-state index in [1.165, 1.54) is 0 Å². The molecule has 174 valence electrons. The van der Waals surface area contributed by atoms with E-state index in [2.05, 4.69) is 4.90 Å². The van der Waals surface area contributed by atoms with Gasteiger partial charge in [-0.1, -0.05) is 29.8 Å². The van der Waals surface area contributed by atoms with Crippen molar-refractivity contribution in [1.82, 2.24) is 9.80 Å². The zero-order chi connectivity index (χ0) is 23.3. The summed E-state index contributed by atoms with van der Waals surface area (Å²) in [7, 11) is 1.68. The van der Waals surface area contributed by atoms with Gasteiger partial charge in [0.05, 0.1) is 19.3 Å². The predicted octanol–water partition coefficient (Wildman–Crippen LogP) is 3.55. The average molecular weight is 470 g/mol. The number of halogens is 4. The number of carbonyl (C=O) groups excluding carboxylic acids is 1. The zero-order valence-corrected chi connectivity index (χ0v) is 18.6. The van der Waals surface area contributed by atoms with Crippen LogP contribution < -0.4 is 5.73 Å². The lowest BCUT2D eigenvalue weighted by molar-refractivity contribution is -0.131. The number of nitrogens with two attached hydrogens (primary N) is 1. The van der Waals surface area contributed by atoms with E-state index in [0.29, 0.717) is 43.9 Å². The molecule has 0 spiro atoms. The van der Waals surface area contributed by atoms with E-state index >= 15 is 0 Å². The van der Waals surface area contributed by atoms with E-state index in [-0.39, 0.29) is 30.4 Å². The van der Waals surface area contributed by atoms with Gasteiger partial charge in [0, 0.05) is 50.2 Å². The third-order valence-electron chi connectivity index (χ3n) is 5.63. The van der Waals surface area contributed by atoms with Gasteiger partial charge in [0.15, 0.2) is 11.6 Å². The Morgan fingerprint density at radius 3 is 2.50 bits per heavy atom. The molecule has 1 amide bonds. The summed E-state index contributed by atoms with van der Waals surface area (Å²) in [5.74, 6) is -3.52. The second kappa shape index (κ2) is 11.1. The number of ether oxygens (including phenoxy) is 1. The maximum absolute atomic E-state index is 13.9. The van der Waals surface area contributed by atoms with Crippen LogP contribution in [0.25, 0.3) is 0 Å². The SMILES string of the molecule is CN(C[C@H](c1ccccc1Cl)N1CCOCC1)C(=O)CC(N)Cc1cc(F)c(F)cc1F. The fourth-order valence-electron chi connectivity index (χ4n) is 3.86. The van der Waals surface area contributed by atoms with Gasteiger partial charge in [0.25, 0.3) is 0 Å². The van der Waals surface area contributed by atoms with E-state index in [1.807, 2.05) is 24.3 Å². The summed E-state index contributed by atoms with van der Waals surface area (Å²) >= 11 is 6.44. The quantitative estimate of drug-likeness (QED) is 0.601. The first-order valence-electron chi connectivity index (χ1n) is 10.5. The van der Waals surface area contributed by atoms with Crippen molar-refractivity contribution < 1.29 is 22.7 Å². The Morgan fingerprint density at radius 1 is 1.16 bits per heavy atom. The highest BCUT2D eigenvalue weighted by Gasteiger charge is 2.27.